The second-order valence-corrected chi connectivity index (χ2v) is 8.66. The van der Waals surface area contributed by atoms with Crippen LogP contribution in [0.25, 0.3) is 0 Å². The van der Waals surface area contributed by atoms with Gasteiger partial charge in [-0.05, 0) is 75.6 Å². The van der Waals surface area contributed by atoms with E-state index in [9.17, 15) is 9.59 Å². The van der Waals surface area contributed by atoms with Gasteiger partial charge in [0.15, 0.2) is 0 Å². The lowest BCUT2D eigenvalue weighted by Gasteiger charge is -2.36. The third kappa shape index (κ3) is 6.35. The summed E-state index contributed by atoms with van der Waals surface area (Å²) in [5.41, 5.74) is 0.408. The van der Waals surface area contributed by atoms with Crippen molar-refractivity contribution in [2.45, 2.75) is 60.1 Å². The average molecular weight is 472 g/mol. The van der Waals surface area contributed by atoms with Gasteiger partial charge in [-0.15, -0.1) is 0 Å². The third-order valence-electron chi connectivity index (χ3n) is 5.76. The number of hydrogen-bond donors (Lipinski definition) is 1. The maximum absolute atomic E-state index is 13.7. The van der Waals surface area contributed by atoms with Crippen LogP contribution in [0, 0.1) is 10.8 Å². The molecule has 0 saturated heterocycles. The molecule has 2 rings (SSSR count). The Balaban J connectivity index is 2.44. The topological polar surface area (TPSA) is 73.7 Å². The zero-order valence-corrected chi connectivity index (χ0v) is 20.9. The zero-order valence-electron chi connectivity index (χ0n) is 20.1. The molecule has 7 heteroatoms. The molecule has 0 aromatic heterocycles. The lowest BCUT2D eigenvalue weighted by Crippen LogP contribution is -2.52. The Morgan fingerprint density at radius 2 is 1.64 bits per heavy atom. The maximum atomic E-state index is 13.7. The second-order valence-electron chi connectivity index (χ2n) is 8.23. The molecule has 2 aromatic rings. The van der Waals surface area contributed by atoms with E-state index in [0.717, 1.165) is 23.3 Å². The average Bonchev–Trinajstić information content (AvgIpc) is 2.81. The van der Waals surface area contributed by atoms with Crippen LogP contribution in [0.5, 0.6) is 5.75 Å². The number of amides is 1. The van der Waals surface area contributed by atoms with Crippen LogP contribution in [0.1, 0.15) is 53.0 Å². The maximum Gasteiger partial charge on any atom is 0.242 e. The predicted octanol–water partition coefficient (Wildman–Crippen LogP) is 5.92. The summed E-state index contributed by atoms with van der Waals surface area (Å²) in [5, 5.41) is 9.59. The number of ether oxygens (including phenoxy) is 1. The number of hydrogen-bond acceptors (Lipinski definition) is 4. The minimum atomic E-state index is -1.17. The molecular formula is C26H34ClN3O3. The SMILES string of the molecule is CCN(C(=N)N(Cc1ccc(Cl)cc1)C(=O)C(C=O)(CC)CC)c1ccc(OC(C)C)cc1. The van der Waals surface area contributed by atoms with E-state index in [-0.39, 0.29) is 24.5 Å². The smallest absolute Gasteiger partial charge is 0.242 e. The number of anilines is 1. The van der Waals surface area contributed by atoms with E-state index in [1.807, 2.05) is 71.0 Å². The first kappa shape index (κ1) is 26.4. The minimum absolute atomic E-state index is 0.0168. The van der Waals surface area contributed by atoms with Gasteiger partial charge in [0.05, 0.1) is 12.6 Å². The predicted molar refractivity (Wildman–Crippen MR) is 134 cm³/mol. The Kier molecular flexibility index (Phi) is 9.47. The van der Waals surface area contributed by atoms with Gasteiger partial charge in [-0.1, -0.05) is 37.6 Å². The van der Waals surface area contributed by atoms with Crippen molar-refractivity contribution in [2.75, 3.05) is 11.4 Å². The highest BCUT2D eigenvalue weighted by Crippen LogP contribution is 2.29. The summed E-state index contributed by atoms with van der Waals surface area (Å²) in [6, 6.07) is 14.6. The van der Waals surface area contributed by atoms with E-state index in [0.29, 0.717) is 24.4 Å². The largest absolute Gasteiger partial charge is 0.491 e. The van der Waals surface area contributed by atoms with Crippen molar-refractivity contribution in [1.29, 1.82) is 5.41 Å². The first-order valence-electron chi connectivity index (χ1n) is 11.4. The monoisotopic (exact) mass is 471 g/mol. The van der Waals surface area contributed by atoms with Crippen molar-refractivity contribution in [1.82, 2.24) is 4.90 Å². The fraction of sp³-hybridized carbons (Fsp3) is 0.423. The Labute approximate surface area is 202 Å². The van der Waals surface area contributed by atoms with E-state index < -0.39 is 5.41 Å². The molecule has 0 spiro atoms. The molecule has 33 heavy (non-hydrogen) atoms. The van der Waals surface area contributed by atoms with Crippen LogP contribution in [-0.2, 0) is 16.1 Å². The molecule has 6 nitrogen and oxygen atoms in total. The molecule has 0 fully saturated rings. The van der Waals surface area contributed by atoms with Gasteiger partial charge in [0.25, 0.3) is 0 Å². The van der Waals surface area contributed by atoms with Crippen LogP contribution in [0.4, 0.5) is 5.69 Å². The Morgan fingerprint density at radius 3 is 2.09 bits per heavy atom. The number of carbonyl (C=O) groups is 2. The van der Waals surface area contributed by atoms with Crippen LogP contribution in [-0.4, -0.2) is 35.7 Å². The molecule has 2 aromatic carbocycles. The van der Waals surface area contributed by atoms with Gasteiger partial charge in [-0.2, -0.15) is 0 Å². The lowest BCUT2D eigenvalue weighted by molar-refractivity contribution is -0.143. The summed E-state index contributed by atoms with van der Waals surface area (Å²) in [5.74, 6) is 0.381. The standard InChI is InChI=1S/C26H34ClN3O3/c1-6-26(7-2,18-31)24(32)30(17-20-9-11-21(27)12-10-20)25(28)29(8-3)22-13-15-23(16-14-22)33-19(4)5/h9-16,18-19,28H,6-8,17H2,1-5H3. The number of halogens is 1. The number of aldehydes is 1. The van der Waals surface area contributed by atoms with Gasteiger partial charge in [-0.3, -0.25) is 15.1 Å². The molecule has 0 radical (unpaired) electrons. The van der Waals surface area contributed by atoms with Gasteiger partial charge < -0.3 is 14.4 Å². The van der Waals surface area contributed by atoms with Crippen LogP contribution < -0.4 is 9.64 Å². The fourth-order valence-corrected chi connectivity index (χ4v) is 3.76. The molecule has 0 heterocycles. The van der Waals surface area contributed by atoms with Crippen molar-refractivity contribution in [3.8, 4) is 5.75 Å². The second kappa shape index (κ2) is 11.8. The highest BCUT2D eigenvalue weighted by Gasteiger charge is 2.40. The minimum Gasteiger partial charge on any atom is -0.491 e. The number of nitrogens with one attached hydrogen (secondary N) is 1. The van der Waals surface area contributed by atoms with Crippen LogP contribution >= 0.6 is 11.6 Å². The van der Waals surface area contributed by atoms with Crippen molar-refractivity contribution in [3.63, 3.8) is 0 Å². The van der Waals surface area contributed by atoms with Gasteiger partial charge in [-0.25, -0.2) is 0 Å². The first-order valence-corrected chi connectivity index (χ1v) is 11.7. The highest BCUT2D eigenvalue weighted by molar-refractivity contribution is 6.30. The van der Waals surface area contributed by atoms with Crippen molar-refractivity contribution < 1.29 is 14.3 Å². The molecule has 0 aliphatic heterocycles. The van der Waals surface area contributed by atoms with E-state index in [1.165, 1.54) is 4.90 Å². The number of rotatable bonds is 10. The van der Waals surface area contributed by atoms with Crippen LogP contribution in [0.3, 0.4) is 0 Å². The lowest BCUT2D eigenvalue weighted by atomic mass is 9.82. The van der Waals surface area contributed by atoms with Gasteiger partial charge in [0.2, 0.25) is 11.9 Å². The summed E-state index contributed by atoms with van der Waals surface area (Å²) in [7, 11) is 0. The molecule has 0 atom stereocenters. The van der Waals surface area contributed by atoms with Crippen molar-refractivity contribution >= 4 is 35.4 Å². The normalized spacial score (nSPS) is 11.2. The molecule has 178 valence electrons. The van der Waals surface area contributed by atoms with Crippen molar-refractivity contribution in [3.05, 3.63) is 59.1 Å². The molecule has 0 aliphatic carbocycles. The fourth-order valence-electron chi connectivity index (χ4n) is 3.63. The molecule has 1 amide bonds. The number of carbonyl (C=O) groups excluding carboxylic acids is 2. The van der Waals surface area contributed by atoms with E-state index in [1.54, 1.807) is 17.0 Å². The van der Waals surface area contributed by atoms with E-state index in [4.69, 9.17) is 21.7 Å². The highest BCUT2D eigenvalue weighted by atomic mass is 35.5. The molecular weight excluding hydrogens is 438 g/mol. The van der Waals surface area contributed by atoms with Crippen LogP contribution in [0.2, 0.25) is 5.02 Å². The van der Waals surface area contributed by atoms with Crippen LogP contribution in [0.15, 0.2) is 48.5 Å². The molecule has 1 N–H and O–H groups in total. The summed E-state index contributed by atoms with van der Waals surface area (Å²) in [4.78, 5) is 28.8. The summed E-state index contributed by atoms with van der Waals surface area (Å²) in [6.07, 6.45) is 1.52. The van der Waals surface area contributed by atoms with E-state index >= 15 is 0 Å². The number of benzene rings is 2. The molecule has 0 unspecified atom stereocenters. The van der Waals surface area contributed by atoms with Gasteiger partial charge in [0.1, 0.15) is 17.5 Å². The Bertz CT molecular complexity index is 938. The zero-order chi connectivity index (χ0) is 24.6. The quantitative estimate of drug-likeness (QED) is 0.202. The van der Waals surface area contributed by atoms with Crippen molar-refractivity contribution in [2.24, 2.45) is 5.41 Å². The van der Waals surface area contributed by atoms with E-state index in [2.05, 4.69) is 0 Å². The first-order chi connectivity index (χ1) is 15.7. The third-order valence-corrected chi connectivity index (χ3v) is 6.01. The molecule has 0 aliphatic rings. The summed E-state index contributed by atoms with van der Waals surface area (Å²) in [6.45, 7) is 10.1. The van der Waals surface area contributed by atoms with Gasteiger partial charge in [0, 0.05) is 17.3 Å². The Morgan fingerprint density at radius 1 is 1.06 bits per heavy atom. The number of nitrogens with zero attached hydrogens (tertiary/aromatic N) is 2. The summed E-state index contributed by atoms with van der Waals surface area (Å²) < 4.78 is 5.72. The number of guanidine groups is 1. The molecule has 0 saturated carbocycles. The Hall–Kier alpha value is -2.86. The molecule has 0 bridgehead atoms. The summed E-state index contributed by atoms with van der Waals surface area (Å²) >= 11 is 6.02. The van der Waals surface area contributed by atoms with Gasteiger partial charge >= 0.3 is 0 Å².